The molecule has 2 aromatic carbocycles. The molecule has 2 aromatic rings. The van der Waals surface area contributed by atoms with Crippen LogP contribution >= 0.6 is 11.8 Å². The quantitative estimate of drug-likeness (QED) is 0.725. The zero-order chi connectivity index (χ0) is 20.0. The lowest BCUT2D eigenvalue weighted by molar-refractivity contribution is -0.115. The molecule has 0 saturated carbocycles. The molecule has 1 unspecified atom stereocenters. The van der Waals surface area contributed by atoms with E-state index in [1.807, 2.05) is 52.0 Å². The van der Waals surface area contributed by atoms with Crippen LogP contribution in [-0.2, 0) is 4.79 Å². The van der Waals surface area contributed by atoms with Gasteiger partial charge in [0.1, 0.15) is 5.75 Å². The van der Waals surface area contributed by atoms with Crippen molar-refractivity contribution in [3.8, 4) is 5.75 Å². The normalized spacial score (nSPS) is 12.2. The predicted octanol–water partition coefficient (Wildman–Crippen LogP) is 4.34. The molecule has 27 heavy (non-hydrogen) atoms. The van der Waals surface area contributed by atoms with Crippen molar-refractivity contribution in [3.63, 3.8) is 0 Å². The molecule has 0 fully saturated rings. The molecular weight excluding hydrogens is 360 g/mol. The van der Waals surface area contributed by atoms with Crippen molar-refractivity contribution in [2.24, 2.45) is 0 Å². The highest BCUT2D eigenvalue weighted by Gasteiger charge is 2.17. The fourth-order valence-corrected chi connectivity index (χ4v) is 3.14. The Hall–Kier alpha value is -2.47. The monoisotopic (exact) mass is 386 g/mol. The summed E-state index contributed by atoms with van der Waals surface area (Å²) >= 11 is 1.47. The second-order valence-electron chi connectivity index (χ2n) is 7.21. The first-order valence-corrected chi connectivity index (χ1v) is 9.60. The zero-order valence-electron chi connectivity index (χ0n) is 16.3. The van der Waals surface area contributed by atoms with Crippen molar-refractivity contribution in [1.82, 2.24) is 5.32 Å². The van der Waals surface area contributed by atoms with Crippen LogP contribution in [0.4, 0.5) is 5.69 Å². The fourth-order valence-electron chi connectivity index (χ4n) is 2.27. The molecule has 0 aliphatic heterocycles. The Morgan fingerprint density at radius 1 is 1.00 bits per heavy atom. The van der Waals surface area contributed by atoms with Crippen molar-refractivity contribution in [2.75, 3.05) is 12.4 Å². The van der Waals surface area contributed by atoms with E-state index in [4.69, 9.17) is 4.74 Å². The molecule has 144 valence electrons. The molecule has 1 atom stereocenters. The lowest BCUT2D eigenvalue weighted by Gasteiger charge is -2.20. The molecule has 5 nitrogen and oxygen atoms in total. The number of nitrogens with one attached hydrogen (secondary N) is 2. The molecular formula is C21H26N2O3S. The molecule has 6 heteroatoms. The van der Waals surface area contributed by atoms with Gasteiger partial charge in [0.05, 0.1) is 12.4 Å². The summed E-state index contributed by atoms with van der Waals surface area (Å²) in [6.07, 6.45) is 0. The molecule has 2 rings (SSSR count). The minimum Gasteiger partial charge on any atom is -0.497 e. The fraction of sp³-hybridized carbons (Fsp3) is 0.333. The van der Waals surface area contributed by atoms with E-state index in [0.717, 1.165) is 10.6 Å². The Kier molecular flexibility index (Phi) is 6.91. The molecule has 0 aromatic heterocycles. The molecule has 0 spiro atoms. The number of benzene rings is 2. The van der Waals surface area contributed by atoms with Crippen molar-refractivity contribution in [3.05, 3.63) is 54.1 Å². The van der Waals surface area contributed by atoms with E-state index in [1.165, 1.54) is 11.8 Å². The Bertz CT molecular complexity index is 781. The van der Waals surface area contributed by atoms with Crippen LogP contribution in [0.2, 0.25) is 0 Å². The zero-order valence-corrected chi connectivity index (χ0v) is 17.1. The lowest BCUT2D eigenvalue weighted by atomic mass is 10.1. The number of ether oxygens (including phenoxy) is 1. The van der Waals surface area contributed by atoms with Crippen molar-refractivity contribution in [1.29, 1.82) is 0 Å². The van der Waals surface area contributed by atoms with Crippen LogP contribution in [0.25, 0.3) is 0 Å². The summed E-state index contributed by atoms with van der Waals surface area (Å²) in [4.78, 5) is 25.5. The number of hydrogen-bond acceptors (Lipinski definition) is 4. The number of carbonyl (C=O) groups excluding carboxylic acids is 2. The second kappa shape index (κ2) is 8.95. The van der Waals surface area contributed by atoms with Gasteiger partial charge in [-0.15, -0.1) is 11.8 Å². The first-order chi connectivity index (χ1) is 12.7. The van der Waals surface area contributed by atoms with Crippen molar-refractivity contribution < 1.29 is 14.3 Å². The summed E-state index contributed by atoms with van der Waals surface area (Å²) in [7, 11) is 1.62. The van der Waals surface area contributed by atoms with Gasteiger partial charge in [0, 0.05) is 21.7 Å². The lowest BCUT2D eigenvalue weighted by Crippen LogP contribution is -2.40. The average Bonchev–Trinajstić information content (AvgIpc) is 2.61. The van der Waals surface area contributed by atoms with Crippen molar-refractivity contribution in [2.45, 2.75) is 43.4 Å². The largest absolute Gasteiger partial charge is 0.497 e. The molecule has 0 saturated heterocycles. The first kappa shape index (κ1) is 20.8. The van der Waals surface area contributed by atoms with Crippen molar-refractivity contribution >= 4 is 29.3 Å². The third-order valence-corrected chi connectivity index (χ3v) is 4.76. The Labute approximate surface area is 164 Å². The van der Waals surface area contributed by atoms with Crippen LogP contribution in [0, 0.1) is 0 Å². The topological polar surface area (TPSA) is 67.4 Å². The van der Waals surface area contributed by atoms with Gasteiger partial charge < -0.3 is 15.4 Å². The van der Waals surface area contributed by atoms with Gasteiger partial charge in [0.15, 0.2) is 0 Å². The van der Waals surface area contributed by atoms with E-state index in [0.29, 0.717) is 11.3 Å². The van der Waals surface area contributed by atoms with E-state index in [-0.39, 0.29) is 22.6 Å². The van der Waals surface area contributed by atoms with Gasteiger partial charge in [-0.2, -0.15) is 0 Å². The van der Waals surface area contributed by atoms with E-state index >= 15 is 0 Å². The predicted molar refractivity (Wildman–Crippen MR) is 111 cm³/mol. The van der Waals surface area contributed by atoms with Gasteiger partial charge in [-0.1, -0.05) is 0 Å². The number of amides is 2. The number of rotatable bonds is 6. The van der Waals surface area contributed by atoms with Crippen LogP contribution in [0.5, 0.6) is 5.75 Å². The molecule has 0 radical (unpaired) electrons. The van der Waals surface area contributed by atoms with E-state index < -0.39 is 0 Å². The van der Waals surface area contributed by atoms with Gasteiger partial charge in [0.25, 0.3) is 5.91 Å². The maximum atomic E-state index is 12.4. The highest BCUT2D eigenvalue weighted by molar-refractivity contribution is 8.00. The highest BCUT2D eigenvalue weighted by atomic mass is 32.2. The summed E-state index contributed by atoms with van der Waals surface area (Å²) in [5.41, 5.74) is 0.927. The second-order valence-corrected chi connectivity index (χ2v) is 8.62. The van der Waals surface area contributed by atoms with Crippen LogP contribution in [0.3, 0.4) is 0 Å². The van der Waals surface area contributed by atoms with E-state index in [2.05, 4.69) is 10.6 Å². The van der Waals surface area contributed by atoms with Crippen LogP contribution in [-0.4, -0.2) is 29.7 Å². The third kappa shape index (κ3) is 6.64. The van der Waals surface area contributed by atoms with E-state index in [9.17, 15) is 9.59 Å². The molecule has 2 amide bonds. The Morgan fingerprint density at radius 2 is 1.59 bits per heavy atom. The van der Waals surface area contributed by atoms with Gasteiger partial charge in [-0.3, -0.25) is 9.59 Å². The summed E-state index contributed by atoms with van der Waals surface area (Å²) in [5, 5.41) is 5.53. The van der Waals surface area contributed by atoms with E-state index in [1.54, 1.807) is 31.4 Å². The maximum absolute atomic E-state index is 12.4. The standard InChI is InChI=1S/C21H26N2O3S/c1-14(27-18-12-10-17(26-5)11-13-18)19(24)22-16-8-6-15(7-9-16)20(25)23-21(2,3)4/h6-14H,1-5H3,(H,22,24)(H,23,25). The van der Waals surface area contributed by atoms with Gasteiger partial charge in [-0.25, -0.2) is 0 Å². The average molecular weight is 387 g/mol. The molecule has 0 heterocycles. The third-order valence-electron chi connectivity index (χ3n) is 3.64. The van der Waals surface area contributed by atoms with Gasteiger partial charge in [-0.05, 0) is 76.2 Å². The first-order valence-electron chi connectivity index (χ1n) is 8.72. The maximum Gasteiger partial charge on any atom is 0.251 e. The molecule has 2 N–H and O–H groups in total. The summed E-state index contributed by atoms with van der Waals surface area (Å²) in [5.74, 6) is 0.554. The minimum atomic E-state index is -0.294. The Balaban J connectivity index is 1.93. The smallest absolute Gasteiger partial charge is 0.251 e. The Morgan fingerprint density at radius 3 is 2.11 bits per heavy atom. The molecule has 0 bridgehead atoms. The minimum absolute atomic E-state index is 0.0947. The SMILES string of the molecule is COc1ccc(SC(C)C(=O)Nc2ccc(C(=O)NC(C)(C)C)cc2)cc1. The number of thioether (sulfide) groups is 1. The van der Waals surface area contributed by atoms with Crippen LogP contribution < -0.4 is 15.4 Å². The molecule has 0 aliphatic rings. The highest BCUT2D eigenvalue weighted by Crippen LogP contribution is 2.26. The number of methoxy groups -OCH3 is 1. The summed E-state index contributed by atoms with van der Waals surface area (Å²) < 4.78 is 5.14. The summed E-state index contributed by atoms with van der Waals surface area (Å²) in [6.45, 7) is 7.65. The summed E-state index contributed by atoms with van der Waals surface area (Å²) in [6, 6.07) is 14.5. The number of hydrogen-bond donors (Lipinski definition) is 2. The molecule has 0 aliphatic carbocycles. The number of anilines is 1. The van der Waals surface area contributed by atoms with Crippen LogP contribution in [0.1, 0.15) is 38.1 Å². The van der Waals surface area contributed by atoms with Gasteiger partial charge in [0.2, 0.25) is 5.91 Å². The van der Waals surface area contributed by atoms with Crippen LogP contribution in [0.15, 0.2) is 53.4 Å². The van der Waals surface area contributed by atoms with Gasteiger partial charge >= 0.3 is 0 Å². The number of carbonyl (C=O) groups is 2.